The number of unbranched alkanes of at least 4 members (excludes halogenated alkanes) is 3. The number of halogens is 2. The molecule has 0 aliphatic carbocycles. The van der Waals surface area contributed by atoms with E-state index in [1.54, 1.807) is 0 Å². The van der Waals surface area contributed by atoms with Crippen LogP contribution in [-0.4, -0.2) is 15.0 Å². The largest absolute Gasteiger partial charge is 0.240 e. The molecule has 0 aliphatic heterocycles. The molecule has 0 unspecified atom stereocenters. The molecule has 0 aliphatic rings. The molecule has 0 saturated heterocycles. The second-order valence-corrected chi connectivity index (χ2v) is 5.80. The van der Waals surface area contributed by atoms with Crippen molar-refractivity contribution < 1.29 is 17.2 Å². The van der Waals surface area contributed by atoms with Crippen LogP contribution < -0.4 is 4.72 Å². The van der Waals surface area contributed by atoms with Crippen LogP contribution in [0.25, 0.3) is 0 Å². The Labute approximate surface area is 106 Å². The van der Waals surface area contributed by atoms with Crippen molar-refractivity contribution in [3.63, 3.8) is 0 Å². The van der Waals surface area contributed by atoms with Gasteiger partial charge in [-0.25, -0.2) is 21.9 Å². The molecule has 102 valence electrons. The van der Waals surface area contributed by atoms with Gasteiger partial charge in [-0.15, -0.1) is 0 Å². The van der Waals surface area contributed by atoms with Crippen LogP contribution >= 0.6 is 0 Å². The fourth-order valence-corrected chi connectivity index (χ4v) is 2.57. The van der Waals surface area contributed by atoms with Crippen molar-refractivity contribution in [2.45, 2.75) is 37.5 Å². The molecule has 3 nitrogen and oxygen atoms in total. The van der Waals surface area contributed by atoms with Gasteiger partial charge in [0, 0.05) is 6.54 Å². The zero-order valence-corrected chi connectivity index (χ0v) is 11.1. The van der Waals surface area contributed by atoms with Crippen LogP contribution in [0, 0.1) is 11.6 Å². The first-order chi connectivity index (χ1) is 8.47. The molecule has 0 atom stereocenters. The molecule has 18 heavy (non-hydrogen) atoms. The molecular weight excluding hydrogens is 260 g/mol. The Morgan fingerprint density at radius 3 is 2.44 bits per heavy atom. The van der Waals surface area contributed by atoms with Gasteiger partial charge < -0.3 is 0 Å². The van der Waals surface area contributed by atoms with Crippen molar-refractivity contribution in [3.8, 4) is 0 Å². The summed E-state index contributed by atoms with van der Waals surface area (Å²) in [6, 6.07) is 2.54. The van der Waals surface area contributed by atoms with Crippen LogP contribution in [0.4, 0.5) is 8.78 Å². The molecule has 6 heteroatoms. The van der Waals surface area contributed by atoms with Crippen LogP contribution in [-0.2, 0) is 10.0 Å². The van der Waals surface area contributed by atoms with Gasteiger partial charge in [0.15, 0.2) is 11.6 Å². The molecule has 0 amide bonds. The van der Waals surface area contributed by atoms with Crippen LogP contribution in [0.3, 0.4) is 0 Å². The second kappa shape index (κ2) is 6.80. The zero-order valence-electron chi connectivity index (χ0n) is 10.2. The Balaban J connectivity index is 2.60. The van der Waals surface area contributed by atoms with Gasteiger partial charge in [-0.05, 0) is 24.6 Å². The van der Waals surface area contributed by atoms with Crippen LogP contribution in [0.1, 0.15) is 32.6 Å². The molecular formula is C12H17F2NO2S. The third-order valence-electron chi connectivity index (χ3n) is 2.52. The Morgan fingerprint density at radius 2 is 1.83 bits per heavy atom. The van der Waals surface area contributed by atoms with E-state index in [4.69, 9.17) is 0 Å². The minimum Gasteiger partial charge on any atom is -0.211 e. The van der Waals surface area contributed by atoms with Gasteiger partial charge in [-0.1, -0.05) is 26.2 Å². The number of benzene rings is 1. The fraction of sp³-hybridized carbons (Fsp3) is 0.500. The zero-order chi connectivity index (χ0) is 13.6. The Hall–Kier alpha value is -1.01. The van der Waals surface area contributed by atoms with E-state index in [1.165, 1.54) is 0 Å². The number of rotatable bonds is 7. The average Bonchev–Trinajstić information content (AvgIpc) is 2.32. The number of hydrogen-bond donors (Lipinski definition) is 1. The standard InChI is InChI=1S/C12H17F2NO2S/c1-2-3-4-5-8-15-18(16,17)10-6-7-11(13)12(14)9-10/h6-7,9,15H,2-5,8H2,1H3. The molecule has 1 aromatic carbocycles. The average molecular weight is 277 g/mol. The summed E-state index contributed by atoms with van der Waals surface area (Å²) < 4.78 is 51.4. The van der Waals surface area contributed by atoms with Gasteiger partial charge in [0.1, 0.15) is 0 Å². The Bertz CT molecular complexity index is 489. The number of hydrogen-bond acceptors (Lipinski definition) is 2. The first kappa shape index (κ1) is 15.0. The van der Waals surface area contributed by atoms with Gasteiger partial charge >= 0.3 is 0 Å². The van der Waals surface area contributed by atoms with E-state index < -0.39 is 21.7 Å². The van der Waals surface area contributed by atoms with E-state index >= 15 is 0 Å². The Morgan fingerprint density at radius 1 is 1.11 bits per heavy atom. The second-order valence-electron chi connectivity index (χ2n) is 4.03. The lowest BCUT2D eigenvalue weighted by molar-refractivity contribution is 0.504. The van der Waals surface area contributed by atoms with Crippen molar-refractivity contribution in [1.82, 2.24) is 4.72 Å². The number of sulfonamides is 1. The highest BCUT2D eigenvalue weighted by molar-refractivity contribution is 7.89. The van der Waals surface area contributed by atoms with E-state index in [0.717, 1.165) is 37.8 Å². The first-order valence-corrected chi connectivity index (χ1v) is 7.40. The molecule has 0 aromatic heterocycles. The summed E-state index contributed by atoms with van der Waals surface area (Å²) in [4.78, 5) is -0.253. The highest BCUT2D eigenvalue weighted by atomic mass is 32.2. The maximum Gasteiger partial charge on any atom is 0.240 e. The molecule has 1 aromatic rings. The van der Waals surface area contributed by atoms with Crippen molar-refractivity contribution in [3.05, 3.63) is 29.8 Å². The van der Waals surface area contributed by atoms with E-state index in [0.29, 0.717) is 12.6 Å². The molecule has 0 spiro atoms. The lowest BCUT2D eigenvalue weighted by Crippen LogP contribution is -2.25. The third-order valence-corrected chi connectivity index (χ3v) is 3.98. The number of nitrogens with one attached hydrogen (secondary N) is 1. The van der Waals surface area contributed by atoms with E-state index in [1.807, 2.05) is 0 Å². The van der Waals surface area contributed by atoms with Crippen molar-refractivity contribution in [2.24, 2.45) is 0 Å². The predicted molar refractivity (Wildman–Crippen MR) is 65.7 cm³/mol. The summed E-state index contributed by atoms with van der Waals surface area (Å²) in [5.74, 6) is -2.22. The van der Waals surface area contributed by atoms with Crippen LogP contribution in [0.15, 0.2) is 23.1 Å². The normalized spacial score (nSPS) is 11.7. The summed E-state index contributed by atoms with van der Waals surface area (Å²) in [5.41, 5.74) is 0. The predicted octanol–water partition coefficient (Wildman–Crippen LogP) is 2.82. The van der Waals surface area contributed by atoms with E-state index in [2.05, 4.69) is 11.6 Å². The smallest absolute Gasteiger partial charge is 0.211 e. The van der Waals surface area contributed by atoms with Crippen molar-refractivity contribution >= 4 is 10.0 Å². The topological polar surface area (TPSA) is 46.2 Å². The summed E-state index contributed by atoms with van der Waals surface area (Å²) in [5, 5.41) is 0. The SMILES string of the molecule is CCCCCCNS(=O)(=O)c1ccc(F)c(F)c1. The molecule has 0 fully saturated rings. The third kappa shape index (κ3) is 4.34. The monoisotopic (exact) mass is 277 g/mol. The maximum absolute atomic E-state index is 12.9. The molecule has 0 bridgehead atoms. The van der Waals surface area contributed by atoms with Gasteiger partial charge in [-0.3, -0.25) is 0 Å². The summed E-state index contributed by atoms with van der Waals surface area (Å²) in [7, 11) is -3.74. The highest BCUT2D eigenvalue weighted by Crippen LogP contribution is 2.13. The van der Waals surface area contributed by atoms with Crippen LogP contribution in [0.2, 0.25) is 0 Å². The molecule has 1 rings (SSSR count). The lowest BCUT2D eigenvalue weighted by atomic mass is 10.2. The summed E-state index contributed by atoms with van der Waals surface area (Å²) >= 11 is 0. The van der Waals surface area contributed by atoms with E-state index in [9.17, 15) is 17.2 Å². The van der Waals surface area contributed by atoms with Gasteiger partial charge in [0.25, 0.3) is 0 Å². The van der Waals surface area contributed by atoms with Crippen LogP contribution in [0.5, 0.6) is 0 Å². The molecule has 0 saturated carbocycles. The van der Waals surface area contributed by atoms with Crippen molar-refractivity contribution in [1.29, 1.82) is 0 Å². The Kier molecular flexibility index (Phi) is 5.68. The van der Waals surface area contributed by atoms with Crippen molar-refractivity contribution in [2.75, 3.05) is 6.54 Å². The first-order valence-electron chi connectivity index (χ1n) is 5.92. The van der Waals surface area contributed by atoms with E-state index in [-0.39, 0.29) is 4.90 Å². The maximum atomic E-state index is 12.9. The minimum absolute atomic E-state index is 0.253. The van der Waals surface area contributed by atoms with Gasteiger partial charge in [-0.2, -0.15) is 0 Å². The summed E-state index contributed by atoms with van der Waals surface area (Å²) in [6.07, 6.45) is 3.79. The molecule has 0 radical (unpaired) electrons. The molecule has 0 heterocycles. The highest BCUT2D eigenvalue weighted by Gasteiger charge is 2.15. The summed E-state index contributed by atoms with van der Waals surface area (Å²) in [6.45, 7) is 2.37. The van der Waals surface area contributed by atoms with Gasteiger partial charge in [0.05, 0.1) is 4.90 Å². The molecule has 1 N–H and O–H groups in total. The lowest BCUT2D eigenvalue weighted by Gasteiger charge is -2.06. The fourth-order valence-electron chi connectivity index (χ4n) is 1.49. The quantitative estimate of drug-likeness (QED) is 0.779. The van der Waals surface area contributed by atoms with Gasteiger partial charge in [0.2, 0.25) is 10.0 Å². The minimum atomic E-state index is -3.74.